The average molecular weight is 520 g/mol. The first-order chi connectivity index (χ1) is 17.0. The molecule has 2 aromatic carbocycles. The molecule has 9 nitrogen and oxygen atoms in total. The van der Waals surface area contributed by atoms with Gasteiger partial charge in [0.25, 0.3) is 0 Å². The van der Waals surface area contributed by atoms with Gasteiger partial charge in [-0.3, -0.25) is 8.61 Å². The number of hydrogen-bond donors (Lipinski definition) is 1. The van der Waals surface area contributed by atoms with Gasteiger partial charge in [-0.1, -0.05) is 0 Å². The average Bonchev–Trinajstić information content (AvgIpc) is 3.19. The zero-order valence-electron chi connectivity index (χ0n) is 19.7. The normalized spacial score (nSPS) is 12.7. The predicted octanol–water partition coefficient (Wildman–Crippen LogP) is 4.63. The van der Waals surface area contributed by atoms with Crippen molar-refractivity contribution in [2.75, 3.05) is 30.9 Å². The van der Waals surface area contributed by atoms with Crippen LogP contribution in [0.3, 0.4) is 0 Å². The number of halogens is 3. The second kappa shape index (κ2) is 9.76. The molecule has 1 atom stereocenters. The van der Waals surface area contributed by atoms with Gasteiger partial charge in [-0.15, -0.1) is 10.2 Å². The number of aryl methyl sites for hydroxylation is 1. The van der Waals surface area contributed by atoms with Gasteiger partial charge in [-0.05, 0) is 55.5 Å². The van der Waals surface area contributed by atoms with Gasteiger partial charge < -0.3 is 14.6 Å². The van der Waals surface area contributed by atoms with Crippen molar-refractivity contribution >= 4 is 28.3 Å². The molecule has 0 fully saturated rings. The zero-order chi connectivity index (χ0) is 26.2. The second-order valence-corrected chi connectivity index (χ2v) is 8.76. The lowest BCUT2D eigenvalue weighted by molar-refractivity contribution is -0.137. The molecule has 0 aliphatic carbocycles. The van der Waals surface area contributed by atoms with Crippen LogP contribution in [0.15, 0.2) is 54.7 Å². The quantitative estimate of drug-likeness (QED) is 0.281. The summed E-state index contributed by atoms with van der Waals surface area (Å²) in [6.45, 7) is 1.79. The Balaban J connectivity index is 1.87. The molecule has 0 saturated heterocycles. The maximum absolute atomic E-state index is 13.0. The van der Waals surface area contributed by atoms with Crippen LogP contribution in [-0.2, 0) is 17.4 Å². The van der Waals surface area contributed by atoms with E-state index >= 15 is 0 Å². The van der Waals surface area contributed by atoms with Crippen molar-refractivity contribution in [1.82, 2.24) is 19.6 Å². The van der Waals surface area contributed by atoms with Crippen molar-refractivity contribution in [1.29, 1.82) is 0 Å². The van der Waals surface area contributed by atoms with Crippen LogP contribution in [0.25, 0.3) is 16.8 Å². The number of ether oxygens (including phenoxy) is 1. The Labute approximate surface area is 207 Å². The second-order valence-electron chi connectivity index (χ2n) is 7.98. The number of hydrogen-bond acceptors (Lipinski definition) is 7. The molecule has 36 heavy (non-hydrogen) atoms. The third-order valence-electron chi connectivity index (χ3n) is 5.35. The van der Waals surface area contributed by atoms with Crippen molar-refractivity contribution in [3.63, 3.8) is 0 Å². The monoisotopic (exact) mass is 519 g/mol. The van der Waals surface area contributed by atoms with Crippen molar-refractivity contribution in [3.8, 4) is 22.6 Å². The number of nitrogens with zero attached hydrogens (tertiary/aromatic N) is 5. The molecule has 4 aromatic rings. The number of fused-ring (bicyclic) bond motifs is 1. The Morgan fingerprint density at radius 1 is 1.08 bits per heavy atom. The summed E-state index contributed by atoms with van der Waals surface area (Å²) in [5.74, 6) is 1.12. The van der Waals surface area contributed by atoms with Gasteiger partial charge in [-0.2, -0.15) is 13.2 Å². The predicted molar refractivity (Wildman–Crippen MR) is 129 cm³/mol. The molecule has 1 N–H and O–H groups in total. The van der Waals surface area contributed by atoms with E-state index in [1.165, 1.54) is 17.1 Å². The van der Waals surface area contributed by atoms with Crippen molar-refractivity contribution in [2.45, 2.75) is 13.1 Å². The largest absolute Gasteiger partial charge is 0.754 e. The highest BCUT2D eigenvalue weighted by atomic mass is 32.2. The van der Waals surface area contributed by atoms with Gasteiger partial charge in [0.1, 0.15) is 17.3 Å². The van der Waals surface area contributed by atoms with Gasteiger partial charge in [0.2, 0.25) is 0 Å². The van der Waals surface area contributed by atoms with Gasteiger partial charge in [-0.25, -0.2) is 9.42 Å². The first-order valence-corrected chi connectivity index (χ1v) is 11.6. The van der Waals surface area contributed by atoms with Crippen LogP contribution in [0.2, 0.25) is 0 Å². The van der Waals surface area contributed by atoms with Crippen LogP contribution >= 0.6 is 0 Å². The van der Waals surface area contributed by atoms with E-state index in [1.807, 2.05) is 0 Å². The number of anilines is 2. The Bertz CT molecular complexity index is 1420. The Hall–Kier alpha value is -3.68. The van der Waals surface area contributed by atoms with Gasteiger partial charge in [0, 0.05) is 38.5 Å². The molecule has 190 valence electrons. The van der Waals surface area contributed by atoms with E-state index in [2.05, 4.69) is 15.5 Å². The number of benzene rings is 2. The lowest BCUT2D eigenvalue weighted by Gasteiger charge is -2.32. The van der Waals surface area contributed by atoms with E-state index in [-0.39, 0.29) is 5.75 Å². The maximum Gasteiger partial charge on any atom is 0.416 e. The molecule has 13 heteroatoms. The van der Waals surface area contributed by atoms with E-state index in [4.69, 9.17) is 4.74 Å². The summed E-state index contributed by atoms with van der Waals surface area (Å²) < 4.78 is 71.5. The summed E-state index contributed by atoms with van der Waals surface area (Å²) in [6, 6.07) is 10.9. The van der Waals surface area contributed by atoms with Gasteiger partial charge >= 0.3 is 6.18 Å². The lowest BCUT2D eigenvalue weighted by Crippen LogP contribution is -2.38. The number of hydrazine groups is 1. The zero-order valence-corrected chi connectivity index (χ0v) is 20.5. The molecule has 1 unspecified atom stereocenters. The SMILES string of the molecule is CNc1cc(-c2cc(N(N(C)C)S(=O)[O-])ccc2Oc2ccc(C(F)(F)F)cc2)cn2c(C)nnc12. The van der Waals surface area contributed by atoms with Crippen molar-refractivity contribution in [2.24, 2.45) is 0 Å². The van der Waals surface area contributed by atoms with Crippen LogP contribution in [0.5, 0.6) is 11.5 Å². The highest BCUT2D eigenvalue weighted by Gasteiger charge is 2.30. The summed E-state index contributed by atoms with van der Waals surface area (Å²) in [4.78, 5) is 0. The van der Waals surface area contributed by atoms with E-state index in [1.54, 1.807) is 62.9 Å². The van der Waals surface area contributed by atoms with Crippen LogP contribution in [0.1, 0.15) is 11.4 Å². The molecule has 2 aromatic heterocycles. The van der Waals surface area contributed by atoms with E-state index in [0.29, 0.717) is 39.7 Å². The molecule has 4 rings (SSSR count). The fraction of sp³-hybridized carbons (Fsp3) is 0.217. The minimum atomic E-state index is -4.47. The molecule has 0 aliphatic heterocycles. The fourth-order valence-electron chi connectivity index (χ4n) is 3.68. The highest BCUT2D eigenvalue weighted by Crippen LogP contribution is 2.39. The number of pyridine rings is 1. The number of nitrogens with one attached hydrogen (secondary N) is 1. The summed E-state index contributed by atoms with van der Waals surface area (Å²) in [5.41, 5.74) is 1.92. The van der Waals surface area contributed by atoms with E-state index < -0.39 is 23.0 Å². The van der Waals surface area contributed by atoms with Crippen molar-refractivity contribution in [3.05, 3.63) is 66.1 Å². The molecule has 0 radical (unpaired) electrons. The molecule has 2 heterocycles. The minimum Gasteiger partial charge on any atom is -0.754 e. The summed E-state index contributed by atoms with van der Waals surface area (Å²) >= 11 is -2.61. The van der Waals surface area contributed by atoms with Crippen molar-refractivity contribution < 1.29 is 26.7 Å². The summed E-state index contributed by atoms with van der Waals surface area (Å²) in [5, 5.41) is 12.7. The first kappa shape index (κ1) is 25.4. The molecule has 0 bridgehead atoms. The van der Waals surface area contributed by atoms with E-state index in [0.717, 1.165) is 16.5 Å². The van der Waals surface area contributed by atoms with Crippen LogP contribution in [0, 0.1) is 6.92 Å². The van der Waals surface area contributed by atoms with Gasteiger partial charge in [0.05, 0.1) is 28.2 Å². The third kappa shape index (κ3) is 4.98. The lowest BCUT2D eigenvalue weighted by atomic mass is 10.0. The van der Waals surface area contributed by atoms with Crippen LogP contribution in [-0.4, -0.2) is 49.5 Å². The number of alkyl halides is 3. The summed E-state index contributed by atoms with van der Waals surface area (Å²) in [7, 11) is 4.88. The minimum absolute atomic E-state index is 0.185. The molecule has 0 aliphatic rings. The van der Waals surface area contributed by atoms with E-state index in [9.17, 15) is 21.9 Å². The fourth-order valence-corrected chi connectivity index (χ4v) is 4.23. The van der Waals surface area contributed by atoms with Crippen LogP contribution in [0.4, 0.5) is 24.5 Å². The smallest absolute Gasteiger partial charge is 0.416 e. The first-order valence-electron chi connectivity index (χ1n) is 10.6. The molecule has 0 saturated carbocycles. The third-order valence-corrected chi connectivity index (χ3v) is 6.17. The molecule has 0 spiro atoms. The van der Waals surface area contributed by atoms with Gasteiger partial charge in [0.15, 0.2) is 5.65 Å². The standard InChI is InChI=1S/C23H23F3N6O3S/c1-14-28-29-22-20(27-2)11-15(13-31(14)22)19-12-17(32(30(3)4)36(33)34)7-10-21(19)35-18-8-5-16(6-9-18)23(24,25)26/h5-13,27H,1-4H3,(H,33,34)/p-1. The topological polar surface area (TPSA) is 98.1 Å². The number of rotatable bonds is 7. The number of aromatic nitrogens is 3. The Kier molecular flexibility index (Phi) is 6.89. The Morgan fingerprint density at radius 2 is 1.78 bits per heavy atom. The molecule has 0 amide bonds. The Morgan fingerprint density at radius 3 is 2.36 bits per heavy atom. The molecular formula is C23H22F3N6O3S-. The highest BCUT2D eigenvalue weighted by molar-refractivity contribution is 7.80. The van der Waals surface area contributed by atoms with Crippen LogP contribution < -0.4 is 14.5 Å². The molecular weight excluding hydrogens is 497 g/mol. The maximum atomic E-state index is 13.0. The summed E-state index contributed by atoms with van der Waals surface area (Å²) in [6.07, 6.45) is -2.69.